The van der Waals surface area contributed by atoms with E-state index in [0.29, 0.717) is 11.2 Å². The number of aromatic nitrogens is 2. The fraction of sp³-hybridized carbons (Fsp3) is 0.200. The first-order valence-electron chi connectivity index (χ1n) is 11.2. The maximum Gasteiger partial charge on any atom is 0.469 e. The van der Waals surface area contributed by atoms with Gasteiger partial charge < -0.3 is 25.6 Å². The summed E-state index contributed by atoms with van der Waals surface area (Å²) in [7, 11) is -4.76. The van der Waals surface area contributed by atoms with E-state index in [-0.39, 0.29) is 18.8 Å². The zero-order chi connectivity index (χ0) is 25.7. The number of rotatable bonds is 11. The van der Waals surface area contributed by atoms with Gasteiger partial charge in [-0.15, -0.1) is 0 Å². The number of anilines is 1. The fourth-order valence-electron chi connectivity index (χ4n) is 3.76. The Hall–Kier alpha value is -3.53. The lowest BCUT2D eigenvalue weighted by Crippen LogP contribution is -2.38. The van der Waals surface area contributed by atoms with Crippen LogP contribution in [-0.2, 0) is 20.4 Å². The standard InChI is InChI=1S/C25H27N4O6P/c1-17(34-15-18-8-4-2-5-9-18)22(16-35-36(31,32)33)28-24-21(25(26)30)13-27-29-14-20(12-23(24)29)19-10-6-3-7-11-19/h2-14,17,22,28H,15-16H2,1H3,(H2,26,30)(H2,31,32,33)/t17-,22-/m1/s1. The molecule has 4 aromatic rings. The number of carbonyl (C=O) groups excluding carboxylic acids is 1. The molecule has 0 saturated carbocycles. The van der Waals surface area contributed by atoms with Gasteiger partial charge in [-0.2, -0.15) is 5.10 Å². The molecule has 0 spiro atoms. The second kappa shape index (κ2) is 11.0. The molecule has 0 bridgehead atoms. The Morgan fingerprint density at radius 2 is 1.78 bits per heavy atom. The summed E-state index contributed by atoms with van der Waals surface area (Å²) in [5.41, 5.74) is 9.42. The van der Waals surface area contributed by atoms with Gasteiger partial charge in [0.25, 0.3) is 5.91 Å². The van der Waals surface area contributed by atoms with Gasteiger partial charge in [0.2, 0.25) is 0 Å². The molecule has 188 valence electrons. The zero-order valence-electron chi connectivity index (χ0n) is 19.5. The van der Waals surface area contributed by atoms with Crippen LogP contribution in [0.15, 0.2) is 79.1 Å². The lowest BCUT2D eigenvalue weighted by atomic mass is 10.1. The molecular weight excluding hydrogens is 483 g/mol. The molecule has 1 amide bonds. The second-order valence-electron chi connectivity index (χ2n) is 8.26. The second-order valence-corrected chi connectivity index (χ2v) is 9.50. The van der Waals surface area contributed by atoms with Crippen molar-refractivity contribution < 1.29 is 28.4 Å². The van der Waals surface area contributed by atoms with Crippen LogP contribution < -0.4 is 11.1 Å². The van der Waals surface area contributed by atoms with Crippen LogP contribution in [0.1, 0.15) is 22.8 Å². The molecule has 2 heterocycles. The van der Waals surface area contributed by atoms with Crippen LogP contribution >= 0.6 is 7.82 Å². The molecule has 0 saturated heterocycles. The first-order valence-corrected chi connectivity index (χ1v) is 12.7. The topological polar surface area (TPSA) is 148 Å². The smallest absolute Gasteiger partial charge is 0.375 e. The van der Waals surface area contributed by atoms with Crippen LogP contribution in [0.3, 0.4) is 0 Å². The highest BCUT2D eigenvalue weighted by atomic mass is 31.2. The van der Waals surface area contributed by atoms with Crippen molar-refractivity contribution in [1.29, 1.82) is 0 Å². The number of ether oxygens (including phenoxy) is 1. The number of amides is 1. The number of phosphoric acid groups is 1. The van der Waals surface area contributed by atoms with Gasteiger partial charge in [0.1, 0.15) is 0 Å². The number of benzene rings is 2. The average Bonchev–Trinajstić information content (AvgIpc) is 3.30. The van der Waals surface area contributed by atoms with Crippen molar-refractivity contribution in [3.8, 4) is 11.1 Å². The van der Waals surface area contributed by atoms with Crippen LogP contribution in [0.4, 0.5) is 5.69 Å². The summed E-state index contributed by atoms with van der Waals surface area (Å²) >= 11 is 0. The predicted molar refractivity (Wildman–Crippen MR) is 135 cm³/mol. The predicted octanol–water partition coefficient (Wildman–Crippen LogP) is 3.60. The van der Waals surface area contributed by atoms with Gasteiger partial charge in [-0.25, -0.2) is 9.08 Å². The molecule has 0 fully saturated rings. The third-order valence-corrected chi connectivity index (χ3v) is 6.17. The molecular formula is C25H27N4O6P. The largest absolute Gasteiger partial charge is 0.469 e. The van der Waals surface area contributed by atoms with E-state index in [1.165, 1.54) is 6.20 Å². The van der Waals surface area contributed by atoms with E-state index >= 15 is 0 Å². The van der Waals surface area contributed by atoms with Gasteiger partial charge in [0, 0.05) is 11.8 Å². The Bertz CT molecular complexity index is 1370. The molecule has 2 atom stereocenters. The van der Waals surface area contributed by atoms with E-state index < -0.39 is 25.9 Å². The molecule has 36 heavy (non-hydrogen) atoms. The molecule has 0 aliphatic heterocycles. The van der Waals surface area contributed by atoms with Crippen LogP contribution in [0.5, 0.6) is 0 Å². The fourth-order valence-corrected chi connectivity index (χ4v) is 4.11. The highest BCUT2D eigenvalue weighted by Crippen LogP contribution is 2.37. The molecule has 0 unspecified atom stereocenters. The summed E-state index contributed by atoms with van der Waals surface area (Å²) in [6, 6.07) is 20.2. The Labute approximate surface area is 207 Å². The summed E-state index contributed by atoms with van der Waals surface area (Å²) in [5.74, 6) is -0.706. The first-order chi connectivity index (χ1) is 17.2. The average molecular weight is 510 g/mol. The third kappa shape index (κ3) is 6.37. The van der Waals surface area contributed by atoms with Gasteiger partial charge in [0.15, 0.2) is 0 Å². The Morgan fingerprint density at radius 3 is 2.42 bits per heavy atom. The summed E-state index contributed by atoms with van der Waals surface area (Å²) in [6.45, 7) is 1.63. The molecule has 10 nitrogen and oxygen atoms in total. The Balaban J connectivity index is 1.68. The number of phosphoric ester groups is 1. The number of hydrogen-bond donors (Lipinski definition) is 4. The molecule has 0 aliphatic rings. The molecule has 4 rings (SSSR count). The van der Waals surface area contributed by atoms with Crippen molar-refractivity contribution in [2.45, 2.75) is 25.7 Å². The van der Waals surface area contributed by atoms with E-state index in [1.807, 2.05) is 72.9 Å². The lowest BCUT2D eigenvalue weighted by Gasteiger charge is -2.27. The van der Waals surface area contributed by atoms with Gasteiger partial charge in [0.05, 0.1) is 48.3 Å². The van der Waals surface area contributed by atoms with Crippen LogP contribution in [0.2, 0.25) is 0 Å². The molecule has 2 aromatic carbocycles. The normalized spacial score (nSPS) is 13.4. The SMILES string of the molecule is C[C@@H](OCc1ccccc1)[C@@H](COP(=O)(O)O)Nc1c(C(N)=O)cnn2cc(-c3ccccc3)cc12. The van der Waals surface area contributed by atoms with Crippen molar-refractivity contribution in [2.24, 2.45) is 5.73 Å². The van der Waals surface area contributed by atoms with E-state index in [4.69, 9.17) is 15.0 Å². The number of nitrogens with one attached hydrogen (secondary N) is 1. The lowest BCUT2D eigenvalue weighted by molar-refractivity contribution is 0.0270. The van der Waals surface area contributed by atoms with Crippen molar-refractivity contribution >= 4 is 24.9 Å². The Morgan fingerprint density at radius 1 is 1.11 bits per heavy atom. The van der Waals surface area contributed by atoms with Crippen LogP contribution in [-0.4, -0.2) is 44.1 Å². The minimum Gasteiger partial charge on any atom is -0.375 e. The minimum absolute atomic E-state index is 0.122. The van der Waals surface area contributed by atoms with Crippen LogP contribution in [0.25, 0.3) is 16.6 Å². The first kappa shape index (κ1) is 25.6. The highest BCUT2D eigenvalue weighted by molar-refractivity contribution is 7.46. The molecule has 0 aliphatic carbocycles. The third-order valence-electron chi connectivity index (χ3n) is 5.68. The quantitative estimate of drug-likeness (QED) is 0.224. The Kier molecular flexibility index (Phi) is 7.83. The number of fused-ring (bicyclic) bond motifs is 1. The monoisotopic (exact) mass is 510 g/mol. The van der Waals surface area contributed by atoms with Gasteiger partial charge in [-0.3, -0.25) is 9.32 Å². The molecule has 11 heteroatoms. The minimum atomic E-state index is -4.76. The van der Waals surface area contributed by atoms with E-state index in [2.05, 4.69) is 10.4 Å². The van der Waals surface area contributed by atoms with Gasteiger partial charge >= 0.3 is 7.82 Å². The number of nitrogens with two attached hydrogens (primary N) is 1. The number of hydrogen-bond acceptors (Lipinski definition) is 6. The number of primary amides is 1. The van der Waals surface area contributed by atoms with Crippen molar-refractivity contribution in [2.75, 3.05) is 11.9 Å². The van der Waals surface area contributed by atoms with Crippen molar-refractivity contribution in [3.63, 3.8) is 0 Å². The zero-order valence-corrected chi connectivity index (χ0v) is 20.4. The maximum atomic E-state index is 12.3. The number of carbonyl (C=O) groups is 1. The van der Waals surface area contributed by atoms with E-state index in [1.54, 1.807) is 11.4 Å². The van der Waals surface area contributed by atoms with Gasteiger partial charge in [-0.1, -0.05) is 60.7 Å². The molecule has 0 radical (unpaired) electrons. The maximum absolute atomic E-state index is 12.3. The molecule has 2 aromatic heterocycles. The molecule has 5 N–H and O–H groups in total. The van der Waals surface area contributed by atoms with Crippen molar-refractivity contribution in [1.82, 2.24) is 9.61 Å². The van der Waals surface area contributed by atoms with Crippen molar-refractivity contribution in [3.05, 3.63) is 90.3 Å². The van der Waals surface area contributed by atoms with E-state index in [9.17, 15) is 19.1 Å². The van der Waals surface area contributed by atoms with E-state index in [0.717, 1.165) is 16.7 Å². The summed E-state index contributed by atoms with van der Waals surface area (Å²) in [6.07, 6.45) is 2.59. The summed E-state index contributed by atoms with van der Waals surface area (Å²) in [5, 5.41) is 7.50. The summed E-state index contributed by atoms with van der Waals surface area (Å²) in [4.78, 5) is 30.9. The highest BCUT2D eigenvalue weighted by Gasteiger charge is 2.26. The summed E-state index contributed by atoms with van der Waals surface area (Å²) < 4.78 is 23.8. The number of nitrogens with zero attached hydrogens (tertiary/aromatic N) is 2. The van der Waals surface area contributed by atoms with Gasteiger partial charge in [-0.05, 0) is 24.1 Å². The van der Waals surface area contributed by atoms with Crippen LogP contribution in [0, 0.1) is 0 Å².